The van der Waals surface area contributed by atoms with Gasteiger partial charge in [0.2, 0.25) is 0 Å². The Labute approximate surface area is 103 Å². The summed E-state index contributed by atoms with van der Waals surface area (Å²) in [7, 11) is 0. The number of anilines is 1. The average Bonchev–Trinajstić information content (AvgIpc) is 2.28. The summed E-state index contributed by atoms with van der Waals surface area (Å²) in [6.07, 6.45) is 1.00. The van der Waals surface area contributed by atoms with Gasteiger partial charge in [-0.2, -0.15) is 0 Å². The third-order valence-electron chi connectivity index (χ3n) is 4.10. The molecule has 2 nitrogen and oxygen atoms in total. The molecule has 0 bridgehead atoms. The second-order valence-corrected chi connectivity index (χ2v) is 5.18. The van der Waals surface area contributed by atoms with Gasteiger partial charge < -0.3 is 10.6 Å². The van der Waals surface area contributed by atoms with Crippen LogP contribution in [0.4, 0.5) is 10.1 Å². The summed E-state index contributed by atoms with van der Waals surface area (Å²) in [5, 5.41) is 0. The first kappa shape index (κ1) is 12.4. The normalized spacial score (nSPS) is 29.5. The van der Waals surface area contributed by atoms with Crippen molar-refractivity contribution in [2.24, 2.45) is 11.7 Å². The predicted octanol–water partition coefficient (Wildman–Crippen LogP) is 2.70. The van der Waals surface area contributed by atoms with E-state index in [1.54, 1.807) is 6.07 Å². The van der Waals surface area contributed by atoms with Crippen LogP contribution in [0, 0.1) is 18.7 Å². The number of piperidine rings is 1. The van der Waals surface area contributed by atoms with E-state index in [0.29, 0.717) is 12.0 Å². The summed E-state index contributed by atoms with van der Waals surface area (Å²) in [4.78, 5) is 2.35. The fourth-order valence-corrected chi connectivity index (χ4v) is 2.68. The maximum atomic E-state index is 13.1. The third-order valence-corrected chi connectivity index (χ3v) is 4.10. The van der Waals surface area contributed by atoms with Crippen molar-refractivity contribution in [3.05, 3.63) is 29.6 Å². The smallest absolute Gasteiger partial charge is 0.123 e. The molecule has 1 aromatic carbocycles. The molecule has 2 N–H and O–H groups in total. The van der Waals surface area contributed by atoms with Crippen LogP contribution < -0.4 is 10.6 Å². The minimum atomic E-state index is -0.166. The van der Waals surface area contributed by atoms with E-state index in [0.717, 1.165) is 24.2 Å². The van der Waals surface area contributed by atoms with E-state index in [1.807, 2.05) is 13.0 Å². The predicted molar refractivity (Wildman–Crippen MR) is 69.7 cm³/mol. The summed E-state index contributed by atoms with van der Waals surface area (Å²) >= 11 is 0. The van der Waals surface area contributed by atoms with E-state index >= 15 is 0 Å². The molecule has 0 aliphatic carbocycles. The van der Waals surface area contributed by atoms with Crippen molar-refractivity contribution in [2.45, 2.75) is 39.3 Å². The van der Waals surface area contributed by atoms with Gasteiger partial charge in [0.1, 0.15) is 5.82 Å². The number of hydrogen-bond donors (Lipinski definition) is 1. The third kappa shape index (κ3) is 2.29. The zero-order valence-electron chi connectivity index (χ0n) is 10.8. The highest BCUT2D eigenvalue weighted by Crippen LogP contribution is 2.30. The van der Waals surface area contributed by atoms with Crippen LogP contribution in [0.15, 0.2) is 18.2 Å². The number of halogens is 1. The van der Waals surface area contributed by atoms with Crippen molar-refractivity contribution >= 4 is 5.69 Å². The minimum absolute atomic E-state index is 0.166. The zero-order chi connectivity index (χ0) is 12.6. The Hall–Kier alpha value is -1.09. The lowest BCUT2D eigenvalue weighted by molar-refractivity contribution is 0.315. The number of aryl methyl sites for hydroxylation is 1. The lowest BCUT2D eigenvalue weighted by Crippen LogP contribution is -2.52. The quantitative estimate of drug-likeness (QED) is 0.812. The molecule has 0 aromatic heterocycles. The molecule has 1 fully saturated rings. The van der Waals surface area contributed by atoms with Gasteiger partial charge in [0.05, 0.1) is 0 Å². The molecule has 0 saturated carbocycles. The van der Waals surface area contributed by atoms with E-state index < -0.39 is 0 Å². The number of benzene rings is 1. The summed E-state index contributed by atoms with van der Waals surface area (Å²) in [6.45, 7) is 7.32. The van der Waals surface area contributed by atoms with Crippen LogP contribution in [-0.2, 0) is 0 Å². The van der Waals surface area contributed by atoms with Crippen molar-refractivity contribution in [1.29, 1.82) is 0 Å². The summed E-state index contributed by atoms with van der Waals surface area (Å²) < 4.78 is 13.1. The Balaban J connectivity index is 2.28. The molecule has 1 aliphatic heterocycles. The summed E-state index contributed by atoms with van der Waals surface area (Å²) in [5.41, 5.74) is 8.22. The van der Waals surface area contributed by atoms with Gasteiger partial charge in [0.15, 0.2) is 0 Å². The highest BCUT2D eigenvalue weighted by molar-refractivity contribution is 5.54. The van der Waals surface area contributed by atoms with Gasteiger partial charge >= 0.3 is 0 Å². The SMILES string of the molecule is Cc1cc(F)ccc1N1CCC(N)C(C)C1C. The first-order valence-electron chi connectivity index (χ1n) is 6.29. The molecule has 17 heavy (non-hydrogen) atoms. The fourth-order valence-electron chi connectivity index (χ4n) is 2.68. The second kappa shape index (κ2) is 4.65. The molecular formula is C14H21FN2. The van der Waals surface area contributed by atoms with Gasteiger partial charge in [-0.15, -0.1) is 0 Å². The van der Waals surface area contributed by atoms with Gasteiger partial charge in [-0.1, -0.05) is 6.92 Å². The molecule has 3 heteroatoms. The van der Waals surface area contributed by atoms with Crippen molar-refractivity contribution in [3.63, 3.8) is 0 Å². The molecule has 94 valence electrons. The van der Waals surface area contributed by atoms with Crippen LogP contribution in [0.1, 0.15) is 25.8 Å². The van der Waals surface area contributed by atoms with Gasteiger partial charge in [0, 0.05) is 24.3 Å². The standard InChI is InChI=1S/C14H21FN2/c1-9-8-12(15)4-5-14(9)17-7-6-13(16)10(2)11(17)3/h4-5,8,10-11,13H,6-7,16H2,1-3H3. The largest absolute Gasteiger partial charge is 0.368 e. The molecule has 1 saturated heterocycles. The minimum Gasteiger partial charge on any atom is -0.368 e. The van der Waals surface area contributed by atoms with Crippen LogP contribution in [0.25, 0.3) is 0 Å². The molecule has 1 heterocycles. The van der Waals surface area contributed by atoms with Crippen molar-refractivity contribution in [3.8, 4) is 0 Å². The van der Waals surface area contributed by atoms with Gasteiger partial charge in [-0.3, -0.25) is 0 Å². The molecule has 0 spiro atoms. The Morgan fingerprint density at radius 3 is 2.71 bits per heavy atom. The first-order chi connectivity index (χ1) is 8.00. The van der Waals surface area contributed by atoms with Crippen LogP contribution in [-0.4, -0.2) is 18.6 Å². The molecule has 0 amide bonds. The van der Waals surface area contributed by atoms with Crippen LogP contribution in [0.3, 0.4) is 0 Å². The fraction of sp³-hybridized carbons (Fsp3) is 0.571. The Kier molecular flexibility index (Phi) is 3.38. The summed E-state index contributed by atoms with van der Waals surface area (Å²) in [5.74, 6) is 0.300. The molecular weight excluding hydrogens is 215 g/mol. The van der Waals surface area contributed by atoms with E-state index in [9.17, 15) is 4.39 Å². The maximum absolute atomic E-state index is 13.1. The highest BCUT2D eigenvalue weighted by Gasteiger charge is 2.30. The average molecular weight is 236 g/mol. The van der Waals surface area contributed by atoms with Crippen LogP contribution >= 0.6 is 0 Å². The Morgan fingerprint density at radius 1 is 1.35 bits per heavy atom. The molecule has 2 rings (SSSR count). The van der Waals surface area contributed by atoms with Crippen LogP contribution in [0.5, 0.6) is 0 Å². The Bertz CT molecular complexity index is 405. The van der Waals surface area contributed by atoms with E-state index in [2.05, 4.69) is 18.7 Å². The van der Waals surface area contributed by atoms with Crippen molar-refractivity contribution < 1.29 is 4.39 Å². The number of nitrogens with two attached hydrogens (primary N) is 1. The van der Waals surface area contributed by atoms with E-state index in [1.165, 1.54) is 6.07 Å². The molecule has 3 unspecified atom stereocenters. The first-order valence-corrected chi connectivity index (χ1v) is 6.29. The van der Waals surface area contributed by atoms with Gasteiger partial charge in [0.25, 0.3) is 0 Å². The van der Waals surface area contributed by atoms with Crippen molar-refractivity contribution in [1.82, 2.24) is 0 Å². The highest BCUT2D eigenvalue weighted by atomic mass is 19.1. The van der Waals surface area contributed by atoms with E-state index in [4.69, 9.17) is 5.73 Å². The number of rotatable bonds is 1. The van der Waals surface area contributed by atoms with Crippen molar-refractivity contribution in [2.75, 3.05) is 11.4 Å². The molecule has 1 aliphatic rings. The van der Waals surface area contributed by atoms with Crippen LogP contribution in [0.2, 0.25) is 0 Å². The second-order valence-electron chi connectivity index (χ2n) is 5.18. The lowest BCUT2D eigenvalue weighted by Gasteiger charge is -2.43. The number of hydrogen-bond acceptors (Lipinski definition) is 2. The van der Waals surface area contributed by atoms with E-state index in [-0.39, 0.29) is 11.9 Å². The topological polar surface area (TPSA) is 29.3 Å². The van der Waals surface area contributed by atoms with Gasteiger partial charge in [-0.05, 0) is 49.9 Å². The maximum Gasteiger partial charge on any atom is 0.123 e. The zero-order valence-corrected chi connectivity index (χ0v) is 10.8. The molecule has 1 aromatic rings. The molecule has 3 atom stereocenters. The monoisotopic (exact) mass is 236 g/mol. The van der Waals surface area contributed by atoms with Gasteiger partial charge in [-0.25, -0.2) is 4.39 Å². The summed E-state index contributed by atoms with van der Waals surface area (Å²) in [6, 6.07) is 5.70. The Morgan fingerprint density at radius 2 is 2.06 bits per heavy atom. The molecule has 0 radical (unpaired) electrons. The lowest BCUT2D eigenvalue weighted by atomic mass is 9.87. The number of nitrogens with zero attached hydrogens (tertiary/aromatic N) is 1.